The zero-order valence-electron chi connectivity index (χ0n) is 33.1. The summed E-state index contributed by atoms with van der Waals surface area (Å²) in [7, 11) is -6.80. The quantitative estimate of drug-likeness (QED) is 0.0936. The van der Waals surface area contributed by atoms with Gasteiger partial charge in [0.25, 0.3) is 26.0 Å². The molecule has 0 bridgehead atoms. The van der Waals surface area contributed by atoms with Crippen molar-refractivity contribution in [3.63, 3.8) is 0 Å². The number of benzene rings is 1. The van der Waals surface area contributed by atoms with E-state index in [0.717, 1.165) is 27.0 Å². The fraction of sp³-hybridized carbons (Fsp3) is 0.474. The molecule has 3 heterocycles. The van der Waals surface area contributed by atoms with E-state index in [1.807, 2.05) is 27.7 Å². The molecule has 1 fully saturated rings. The Balaban J connectivity index is 1.35. The topological polar surface area (TPSA) is 216 Å². The largest absolute Gasteiger partial charge is 0.492 e. The van der Waals surface area contributed by atoms with Crippen LogP contribution >= 0.6 is 11.3 Å². The van der Waals surface area contributed by atoms with Crippen molar-refractivity contribution < 1.29 is 35.9 Å². The molecule has 1 aliphatic carbocycles. The number of sulfonamides is 2. The number of thiophene rings is 1. The molecule has 0 saturated carbocycles. The fourth-order valence-electron chi connectivity index (χ4n) is 7.16. The van der Waals surface area contributed by atoms with Gasteiger partial charge in [0.05, 0.1) is 21.7 Å². The Hall–Kier alpha value is -4.68. The molecule has 1 aromatic carbocycles. The van der Waals surface area contributed by atoms with Gasteiger partial charge in [0, 0.05) is 42.8 Å². The van der Waals surface area contributed by atoms with Crippen LogP contribution in [0.15, 0.2) is 74.8 Å². The van der Waals surface area contributed by atoms with Crippen LogP contribution in [-0.2, 0) is 41.4 Å². The van der Waals surface area contributed by atoms with Crippen LogP contribution < -0.4 is 15.8 Å². The van der Waals surface area contributed by atoms with E-state index in [2.05, 4.69) is 15.1 Å². The van der Waals surface area contributed by atoms with Crippen LogP contribution in [0.2, 0.25) is 0 Å². The van der Waals surface area contributed by atoms with Crippen LogP contribution in [0.5, 0.6) is 0 Å². The van der Waals surface area contributed by atoms with Crippen LogP contribution in [0, 0.1) is 17.2 Å². The van der Waals surface area contributed by atoms with Gasteiger partial charge in [-0.3, -0.25) is 19.6 Å². The maximum absolute atomic E-state index is 14.3. The second kappa shape index (κ2) is 15.7. The molecule has 0 radical (unpaired) electrons. The van der Waals surface area contributed by atoms with E-state index in [9.17, 15) is 26.4 Å². The van der Waals surface area contributed by atoms with E-state index in [1.165, 1.54) is 12.1 Å². The maximum atomic E-state index is 14.3. The number of carbonyl (C=O) groups excluding carboxylic acids is 2. The molecule has 3 atom stereocenters. The number of ether oxygens (including phenoxy) is 2. The lowest BCUT2D eigenvalue weighted by molar-refractivity contribution is -0.157. The standard InChI is InChI=1S/C38H51N7O8S3/c1-22-23(2)33(24(3)27-19-38(7,8)52-31(22)27)56(50,51)45(36(39)40)17-12-14-29(35(47)53-37(4,5)6)42-34(46)32-28(16-18-54-32)43-55(48,49)30-15-11-10-13-26(30)25-20-41-44(9)21-25/h10-11,13,15-16,18,20-21,24,27,29,43H,12,14,17,19H2,1-9H3,(H3,39,40)(H,42,46). The summed E-state index contributed by atoms with van der Waals surface area (Å²) < 4.78 is 72.8. The summed E-state index contributed by atoms with van der Waals surface area (Å²) in [6, 6.07) is 6.59. The third-order valence-electron chi connectivity index (χ3n) is 9.75. The maximum Gasteiger partial charge on any atom is 0.329 e. The lowest BCUT2D eigenvalue weighted by Crippen LogP contribution is -2.46. The number of aromatic nitrogens is 2. The highest BCUT2D eigenvalue weighted by molar-refractivity contribution is 7.93. The first kappa shape index (κ1) is 42.5. The van der Waals surface area contributed by atoms with Crippen molar-refractivity contribution in [3.05, 3.63) is 74.8 Å². The molecule has 1 amide bonds. The number of guanidine groups is 1. The van der Waals surface area contributed by atoms with Gasteiger partial charge in [0.15, 0.2) is 0 Å². The molecule has 2 aromatic heterocycles. The van der Waals surface area contributed by atoms with Crippen molar-refractivity contribution in [2.75, 3.05) is 11.3 Å². The van der Waals surface area contributed by atoms with E-state index in [1.54, 1.807) is 75.4 Å². The zero-order valence-corrected chi connectivity index (χ0v) is 35.5. The first-order valence-electron chi connectivity index (χ1n) is 18.1. The molecule has 5 N–H and O–H groups in total. The summed E-state index contributed by atoms with van der Waals surface area (Å²) in [5.41, 5.74) is 6.80. The number of esters is 1. The molecule has 3 unspecified atom stereocenters. The minimum atomic E-state index is -4.30. The van der Waals surface area contributed by atoms with E-state index in [4.69, 9.17) is 20.6 Å². The van der Waals surface area contributed by atoms with Crippen molar-refractivity contribution in [3.8, 4) is 11.1 Å². The number of amides is 1. The van der Waals surface area contributed by atoms with Crippen LogP contribution in [0.1, 0.15) is 84.3 Å². The predicted octanol–water partition coefficient (Wildman–Crippen LogP) is 5.71. The van der Waals surface area contributed by atoms with Gasteiger partial charge in [-0.25, -0.2) is 25.9 Å². The summed E-state index contributed by atoms with van der Waals surface area (Å²) in [6.45, 7) is 14.1. The molecule has 1 saturated heterocycles. The molecule has 304 valence electrons. The predicted molar refractivity (Wildman–Crippen MR) is 215 cm³/mol. The lowest BCUT2D eigenvalue weighted by Gasteiger charge is -2.33. The average molecular weight is 830 g/mol. The number of nitrogens with zero attached hydrogens (tertiary/aromatic N) is 3. The van der Waals surface area contributed by atoms with Gasteiger partial charge >= 0.3 is 5.97 Å². The average Bonchev–Trinajstić information content (AvgIpc) is 3.82. The highest BCUT2D eigenvalue weighted by atomic mass is 32.2. The van der Waals surface area contributed by atoms with Gasteiger partial charge in [-0.2, -0.15) is 5.10 Å². The number of anilines is 1. The van der Waals surface area contributed by atoms with Crippen molar-refractivity contribution in [2.24, 2.45) is 24.6 Å². The van der Waals surface area contributed by atoms with Gasteiger partial charge < -0.3 is 20.5 Å². The summed E-state index contributed by atoms with van der Waals surface area (Å²) in [6.07, 6.45) is 3.77. The number of hydrogen-bond donors (Lipinski definition) is 4. The zero-order chi connectivity index (χ0) is 41.5. The number of nitrogens with two attached hydrogens (primary N) is 1. The third kappa shape index (κ3) is 8.97. The first-order chi connectivity index (χ1) is 25.9. The summed E-state index contributed by atoms with van der Waals surface area (Å²) in [5, 5.41) is 16.6. The highest BCUT2D eigenvalue weighted by Crippen LogP contribution is 2.51. The minimum Gasteiger partial charge on any atom is -0.492 e. The highest BCUT2D eigenvalue weighted by Gasteiger charge is 2.48. The monoisotopic (exact) mass is 829 g/mol. The normalized spacial score (nSPS) is 18.9. The number of rotatable bonds is 13. The number of hydrogen-bond acceptors (Lipinski definition) is 11. The van der Waals surface area contributed by atoms with Crippen molar-refractivity contribution >= 4 is 54.9 Å². The van der Waals surface area contributed by atoms with Crippen LogP contribution in [0.3, 0.4) is 0 Å². The van der Waals surface area contributed by atoms with Crippen molar-refractivity contribution in [1.82, 2.24) is 19.4 Å². The van der Waals surface area contributed by atoms with Crippen LogP contribution in [0.25, 0.3) is 11.1 Å². The number of carbonyl (C=O) groups is 2. The molecule has 1 aliphatic heterocycles. The Morgan fingerprint density at radius 3 is 2.46 bits per heavy atom. The Labute approximate surface area is 332 Å². The Bertz CT molecular complexity index is 2320. The molecule has 2 aliphatic rings. The Morgan fingerprint density at radius 1 is 1.16 bits per heavy atom. The second-order valence-corrected chi connectivity index (χ2v) is 20.2. The van der Waals surface area contributed by atoms with Gasteiger partial charge in [0.1, 0.15) is 27.9 Å². The SMILES string of the molecule is CC1=C2OC(C)(C)CC2C(C)C(S(=O)(=O)N(CCCC(NC(=O)c2sccc2NS(=O)(=O)c2ccccc2-c2cnn(C)c2)C(=O)OC(C)(C)C)C(=N)N)=C1C. The summed E-state index contributed by atoms with van der Waals surface area (Å²) >= 11 is 0.969. The van der Waals surface area contributed by atoms with Crippen molar-refractivity contribution in [2.45, 2.75) is 96.8 Å². The summed E-state index contributed by atoms with van der Waals surface area (Å²) in [4.78, 5) is 27.4. The molecular formula is C38H51N7O8S3. The molecule has 3 aromatic rings. The van der Waals surface area contributed by atoms with E-state index >= 15 is 0 Å². The van der Waals surface area contributed by atoms with E-state index in [0.29, 0.717) is 23.1 Å². The molecule has 5 rings (SSSR count). The smallest absolute Gasteiger partial charge is 0.329 e. The summed E-state index contributed by atoms with van der Waals surface area (Å²) in [5.74, 6) is -2.05. The fourth-order valence-corrected chi connectivity index (χ4v) is 11.3. The van der Waals surface area contributed by atoms with Gasteiger partial charge in [0.2, 0.25) is 5.96 Å². The third-order valence-corrected chi connectivity index (χ3v) is 14.3. The van der Waals surface area contributed by atoms with Crippen LogP contribution in [0.4, 0.5) is 5.69 Å². The van der Waals surface area contributed by atoms with E-state index in [-0.39, 0.29) is 45.7 Å². The number of nitrogens with one attached hydrogen (secondary N) is 3. The molecule has 18 heteroatoms. The Kier molecular flexibility index (Phi) is 11.9. The molecule has 15 nitrogen and oxygen atoms in total. The second-order valence-electron chi connectivity index (χ2n) is 15.8. The van der Waals surface area contributed by atoms with Crippen LogP contribution in [-0.4, -0.2) is 72.5 Å². The number of allylic oxidation sites excluding steroid dienone is 4. The van der Waals surface area contributed by atoms with Gasteiger partial charge in [-0.1, -0.05) is 25.1 Å². The minimum absolute atomic E-state index is 0.000858. The molecule has 56 heavy (non-hydrogen) atoms. The van der Waals surface area contributed by atoms with Gasteiger partial charge in [-0.05, 0) is 96.4 Å². The number of fused-ring (bicyclic) bond motifs is 1. The molecular weight excluding hydrogens is 779 g/mol. The Morgan fingerprint density at radius 2 is 1.84 bits per heavy atom. The van der Waals surface area contributed by atoms with E-state index < -0.39 is 61.0 Å². The molecule has 0 spiro atoms. The van der Waals surface area contributed by atoms with Crippen molar-refractivity contribution in [1.29, 1.82) is 5.41 Å². The first-order valence-corrected chi connectivity index (χ1v) is 21.9. The number of aryl methyl sites for hydroxylation is 1. The van der Waals surface area contributed by atoms with Gasteiger partial charge in [-0.15, -0.1) is 11.3 Å². The lowest BCUT2D eigenvalue weighted by atomic mass is 9.79.